The molecule has 1 rings (SSSR count). The van der Waals surface area contributed by atoms with Gasteiger partial charge in [-0.25, -0.2) is 13.4 Å². The Balaban J connectivity index is 2.68. The summed E-state index contributed by atoms with van der Waals surface area (Å²) in [6, 6.07) is 0. The lowest BCUT2D eigenvalue weighted by atomic mass is 10.4. The third-order valence-corrected chi connectivity index (χ3v) is 3.14. The number of hydrogen-bond acceptors (Lipinski definition) is 6. The van der Waals surface area contributed by atoms with Gasteiger partial charge in [0.1, 0.15) is 15.7 Å². The monoisotopic (exact) mass is 258 g/mol. The number of rotatable bonds is 6. The van der Waals surface area contributed by atoms with Crippen LogP contribution in [-0.4, -0.2) is 51.0 Å². The van der Waals surface area contributed by atoms with Gasteiger partial charge in [0.2, 0.25) is 0 Å². The maximum Gasteiger partial charge on any atom is 0.149 e. The Morgan fingerprint density at radius 1 is 1.41 bits per heavy atom. The molecule has 0 amide bonds. The van der Waals surface area contributed by atoms with Gasteiger partial charge >= 0.3 is 0 Å². The van der Waals surface area contributed by atoms with Crippen LogP contribution in [0, 0.1) is 0 Å². The van der Waals surface area contributed by atoms with E-state index in [9.17, 15) is 8.42 Å². The van der Waals surface area contributed by atoms with Crippen LogP contribution in [0.2, 0.25) is 0 Å². The fourth-order valence-electron chi connectivity index (χ4n) is 1.26. The van der Waals surface area contributed by atoms with E-state index in [0.717, 1.165) is 5.69 Å². The summed E-state index contributed by atoms with van der Waals surface area (Å²) in [5, 5.41) is 2.99. The van der Waals surface area contributed by atoms with E-state index < -0.39 is 9.84 Å². The molecule has 1 aromatic heterocycles. The van der Waals surface area contributed by atoms with E-state index in [-0.39, 0.29) is 5.75 Å². The second kappa shape index (κ2) is 5.92. The van der Waals surface area contributed by atoms with Crippen LogP contribution in [0.25, 0.3) is 0 Å². The van der Waals surface area contributed by atoms with Crippen LogP contribution >= 0.6 is 0 Å². The molecule has 0 spiro atoms. The minimum Gasteiger partial charge on any atom is -0.357 e. The Kier molecular flexibility index (Phi) is 4.83. The zero-order chi connectivity index (χ0) is 12.9. The Hall–Kier alpha value is -1.21. The first-order valence-corrected chi connectivity index (χ1v) is 7.33. The van der Waals surface area contributed by atoms with Crippen molar-refractivity contribution in [3.05, 3.63) is 18.1 Å². The zero-order valence-corrected chi connectivity index (χ0v) is 11.2. The minimum atomic E-state index is -2.95. The van der Waals surface area contributed by atoms with Crippen molar-refractivity contribution < 1.29 is 8.42 Å². The van der Waals surface area contributed by atoms with Gasteiger partial charge in [0.25, 0.3) is 0 Å². The highest BCUT2D eigenvalue weighted by Crippen LogP contribution is 2.07. The highest BCUT2D eigenvalue weighted by molar-refractivity contribution is 7.90. The highest BCUT2D eigenvalue weighted by Gasteiger charge is 2.08. The summed E-state index contributed by atoms with van der Waals surface area (Å²) in [6.45, 7) is 1.05. The van der Waals surface area contributed by atoms with Crippen molar-refractivity contribution in [2.45, 2.75) is 6.54 Å². The second-order valence-corrected chi connectivity index (χ2v) is 6.21. The van der Waals surface area contributed by atoms with E-state index in [1.807, 2.05) is 7.05 Å². The molecular weight excluding hydrogens is 240 g/mol. The van der Waals surface area contributed by atoms with Crippen molar-refractivity contribution in [2.75, 3.05) is 37.5 Å². The van der Waals surface area contributed by atoms with E-state index in [1.54, 1.807) is 24.3 Å². The lowest BCUT2D eigenvalue weighted by Gasteiger charge is -2.17. The van der Waals surface area contributed by atoms with E-state index >= 15 is 0 Å². The smallest absolute Gasteiger partial charge is 0.149 e. The van der Waals surface area contributed by atoms with Crippen LogP contribution in [0.3, 0.4) is 0 Å². The van der Waals surface area contributed by atoms with Crippen LogP contribution in [0.15, 0.2) is 12.4 Å². The lowest BCUT2D eigenvalue weighted by Crippen LogP contribution is -2.26. The lowest BCUT2D eigenvalue weighted by molar-refractivity contribution is 0.601. The largest absolute Gasteiger partial charge is 0.357 e. The summed E-state index contributed by atoms with van der Waals surface area (Å²) in [4.78, 5) is 10.2. The Morgan fingerprint density at radius 2 is 2.12 bits per heavy atom. The summed E-state index contributed by atoms with van der Waals surface area (Å²) in [5.74, 6) is 0.794. The molecule has 17 heavy (non-hydrogen) atoms. The highest BCUT2D eigenvalue weighted by atomic mass is 32.2. The van der Waals surface area contributed by atoms with E-state index in [1.165, 1.54) is 6.26 Å². The molecule has 0 aliphatic carbocycles. The molecule has 0 unspecified atom stereocenters. The molecule has 7 heteroatoms. The number of aromatic nitrogens is 2. The molecule has 0 fully saturated rings. The van der Waals surface area contributed by atoms with Gasteiger partial charge in [-0.2, -0.15) is 0 Å². The summed E-state index contributed by atoms with van der Waals surface area (Å²) < 4.78 is 22.1. The van der Waals surface area contributed by atoms with Crippen LogP contribution in [0.5, 0.6) is 0 Å². The molecule has 0 saturated carbocycles. The van der Waals surface area contributed by atoms with Gasteiger partial charge < -0.3 is 10.2 Å². The zero-order valence-electron chi connectivity index (χ0n) is 10.3. The van der Waals surface area contributed by atoms with E-state index in [4.69, 9.17) is 0 Å². The molecule has 6 nitrogen and oxygen atoms in total. The van der Waals surface area contributed by atoms with Crippen molar-refractivity contribution >= 4 is 15.7 Å². The molecule has 0 radical (unpaired) electrons. The van der Waals surface area contributed by atoms with Crippen LogP contribution in [0.1, 0.15) is 5.69 Å². The Labute approximate surface area is 102 Å². The molecule has 1 N–H and O–H groups in total. The predicted octanol–water partition coefficient (Wildman–Crippen LogP) is -0.323. The Morgan fingerprint density at radius 3 is 2.71 bits per heavy atom. The maximum absolute atomic E-state index is 11.1. The molecule has 0 atom stereocenters. The quantitative estimate of drug-likeness (QED) is 0.753. The van der Waals surface area contributed by atoms with Crippen molar-refractivity contribution in [3.63, 3.8) is 0 Å². The SMILES string of the molecule is CNCc1cncc(N(C)CCS(C)(=O)=O)n1. The molecule has 0 aromatic carbocycles. The maximum atomic E-state index is 11.1. The first kappa shape index (κ1) is 13.9. The van der Waals surface area contributed by atoms with Crippen LogP contribution in [-0.2, 0) is 16.4 Å². The van der Waals surface area contributed by atoms with Gasteiger partial charge in [-0.05, 0) is 7.05 Å². The van der Waals surface area contributed by atoms with Gasteiger partial charge in [-0.3, -0.25) is 4.98 Å². The van der Waals surface area contributed by atoms with Crippen LogP contribution < -0.4 is 10.2 Å². The van der Waals surface area contributed by atoms with E-state index in [2.05, 4.69) is 15.3 Å². The van der Waals surface area contributed by atoms with Gasteiger partial charge in [-0.15, -0.1) is 0 Å². The second-order valence-electron chi connectivity index (χ2n) is 3.95. The van der Waals surface area contributed by atoms with Crippen LogP contribution in [0.4, 0.5) is 5.82 Å². The molecule has 96 valence electrons. The minimum absolute atomic E-state index is 0.113. The number of hydrogen-bond donors (Lipinski definition) is 1. The number of nitrogens with zero attached hydrogens (tertiary/aromatic N) is 3. The standard InChI is InChI=1S/C10H18N4O2S/c1-11-6-9-7-12-8-10(13-9)14(2)4-5-17(3,15)16/h7-8,11H,4-6H2,1-3H3. The first-order valence-electron chi connectivity index (χ1n) is 5.27. The summed E-state index contributed by atoms with van der Waals surface area (Å²) in [6.07, 6.45) is 4.54. The third kappa shape index (κ3) is 5.10. The average Bonchev–Trinajstić information content (AvgIpc) is 2.26. The summed E-state index contributed by atoms with van der Waals surface area (Å²) in [5.41, 5.74) is 0.830. The average molecular weight is 258 g/mol. The third-order valence-electron chi connectivity index (χ3n) is 2.22. The van der Waals surface area contributed by atoms with Gasteiger partial charge in [-0.1, -0.05) is 0 Å². The molecule has 0 aliphatic rings. The fourth-order valence-corrected chi connectivity index (χ4v) is 1.87. The van der Waals surface area contributed by atoms with Gasteiger partial charge in [0.05, 0.1) is 17.6 Å². The summed E-state index contributed by atoms with van der Waals surface area (Å²) >= 11 is 0. The number of sulfone groups is 1. The van der Waals surface area contributed by atoms with Crippen molar-refractivity contribution in [1.29, 1.82) is 0 Å². The van der Waals surface area contributed by atoms with Crippen molar-refractivity contribution in [3.8, 4) is 0 Å². The van der Waals surface area contributed by atoms with E-state index in [0.29, 0.717) is 18.9 Å². The predicted molar refractivity (Wildman–Crippen MR) is 67.8 cm³/mol. The molecular formula is C10H18N4O2S. The fraction of sp³-hybridized carbons (Fsp3) is 0.600. The Bertz CT molecular complexity index is 461. The topological polar surface area (TPSA) is 75.2 Å². The van der Waals surface area contributed by atoms with Gasteiger partial charge in [0.15, 0.2) is 0 Å². The molecule has 0 saturated heterocycles. The number of nitrogens with one attached hydrogen (secondary N) is 1. The molecule has 0 bridgehead atoms. The normalized spacial score (nSPS) is 11.5. The molecule has 1 heterocycles. The van der Waals surface area contributed by atoms with Gasteiger partial charge in [0, 0.05) is 32.6 Å². The first-order chi connectivity index (χ1) is 7.92. The number of anilines is 1. The van der Waals surface area contributed by atoms with Crippen molar-refractivity contribution in [1.82, 2.24) is 15.3 Å². The molecule has 1 aromatic rings. The summed E-state index contributed by atoms with van der Waals surface area (Å²) in [7, 11) is 0.689. The molecule has 0 aliphatic heterocycles. The van der Waals surface area contributed by atoms with Crippen molar-refractivity contribution in [2.24, 2.45) is 0 Å².